The van der Waals surface area contributed by atoms with E-state index in [1.165, 1.54) is 0 Å². The van der Waals surface area contributed by atoms with E-state index in [0.29, 0.717) is 5.56 Å². The molecule has 5 nitrogen and oxygen atoms in total. The van der Waals surface area contributed by atoms with Crippen LogP contribution in [-0.2, 0) is 11.3 Å². The average molecular weight is 295 g/mol. The molecule has 3 rings (SSSR count). The number of aliphatic hydroxyl groups excluding tert-OH is 1. The van der Waals surface area contributed by atoms with Crippen LogP contribution in [0.4, 0.5) is 0 Å². The number of hydrogen-bond donors (Lipinski definition) is 2. The van der Waals surface area contributed by atoms with Crippen molar-refractivity contribution in [3.63, 3.8) is 0 Å². The van der Waals surface area contributed by atoms with Gasteiger partial charge in [-0.3, -0.25) is 4.79 Å². The molecule has 112 valence electrons. The highest BCUT2D eigenvalue weighted by Crippen LogP contribution is 2.13. The van der Waals surface area contributed by atoms with Crippen molar-refractivity contribution in [1.29, 1.82) is 0 Å². The Bertz CT molecular complexity index is 796. The number of pyridine rings is 1. The van der Waals surface area contributed by atoms with Crippen LogP contribution < -0.4 is 5.32 Å². The topological polar surface area (TPSA) is 66.6 Å². The normalized spacial score (nSPS) is 12.3. The van der Waals surface area contributed by atoms with E-state index < -0.39 is 12.0 Å². The van der Waals surface area contributed by atoms with Crippen LogP contribution >= 0.6 is 0 Å². The minimum Gasteiger partial charge on any atom is -0.378 e. The van der Waals surface area contributed by atoms with Crippen LogP contribution in [0.5, 0.6) is 0 Å². The van der Waals surface area contributed by atoms with E-state index in [0.717, 1.165) is 17.0 Å². The summed E-state index contributed by atoms with van der Waals surface area (Å²) in [6.07, 6.45) is 0.722. The number of amides is 1. The molecule has 0 bridgehead atoms. The fourth-order valence-corrected chi connectivity index (χ4v) is 2.35. The van der Waals surface area contributed by atoms with Crippen molar-refractivity contribution >= 4 is 11.6 Å². The molecule has 0 spiro atoms. The van der Waals surface area contributed by atoms with Gasteiger partial charge in [0, 0.05) is 11.9 Å². The Kier molecular flexibility index (Phi) is 3.89. The number of carbonyl (C=O) groups excluding carboxylic acids is 1. The van der Waals surface area contributed by atoms with Crippen LogP contribution in [0.25, 0.3) is 5.65 Å². The van der Waals surface area contributed by atoms with E-state index in [4.69, 9.17) is 0 Å². The molecule has 0 fully saturated rings. The van der Waals surface area contributed by atoms with Gasteiger partial charge in [-0.05, 0) is 24.6 Å². The highest BCUT2D eigenvalue weighted by molar-refractivity contribution is 5.81. The molecule has 2 heterocycles. The third-order valence-corrected chi connectivity index (χ3v) is 3.55. The second-order valence-corrected chi connectivity index (χ2v) is 5.16. The fourth-order valence-electron chi connectivity index (χ4n) is 2.35. The lowest BCUT2D eigenvalue weighted by Gasteiger charge is -2.10. The highest BCUT2D eigenvalue weighted by atomic mass is 16.3. The smallest absolute Gasteiger partial charge is 0.253 e. The highest BCUT2D eigenvalue weighted by Gasteiger charge is 2.16. The van der Waals surface area contributed by atoms with Crippen LogP contribution in [0.3, 0.4) is 0 Å². The van der Waals surface area contributed by atoms with Gasteiger partial charge in [0.1, 0.15) is 5.65 Å². The van der Waals surface area contributed by atoms with Gasteiger partial charge < -0.3 is 14.8 Å². The van der Waals surface area contributed by atoms with Gasteiger partial charge >= 0.3 is 0 Å². The van der Waals surface area contributed by atoms with Crippen LogP contribution in [0.2, 0.25) is 0 Å². The number of imidazole rings is 1. The summed E-state index contributed by atoms with van der Waals surface area (Å²) >= 11 is 0. The Labute approximate surface area is 128 Å². The van der Waals surface area contributed by atoms with Crippen molar-refractivity contribution in [3.05, 3.63) is 71.7 Å². The largest absolute Gasteiger partial charge is 0.378 e. The monoisotopic (exact) mass is 295 g/mol. The Hall–Kier alpha value is -2.66. The van der Waals surface area contributed by atoms with E-state index in [1.54, 1.807) is 24.3 Å². The predicted octanol–water partition coefficient (Wildman–Crippen LogP) is 1.99. The first-order valence-corrected chi connectivity index (χ1v) is 7.09. The number of nitrogens with zero attached hydrogens (tertiary/aromatic N) is 2. The van der Waals surface area contributed by atoms with Gasteiger partial charge in [-0.15, -0.1) is 0 Å². The molecule has 0 aliphatic rings. The Balaban J connectivity index is 1.68. The van der Waals surface area contributed by atoms with Crippen molar-refractivity contribution in [2.75, 3.05) is 0 Å². The number of carbonyl (C=O) groups is 1. The lowest BCUT2D eigenvalue weighted by Crippen LogP contribution is -2.28. The molecule has 0 aliphatic heterocycles. The maximum Gasteiger partial charge on any atom is 0.253 e. The number of aryl methyl sites for hydroxylation is 1. The van der Waals surface area contributed by atoms with Crippen molar-refractivity contribution in [1.82, 2.24) is 14.7 Å². The minimum absolute atomic E-state index is 0.282. The molecule has 22 heavy (non-hydrogen) atoms. The number of hydrogen-bond acceptors (Lipinski definition) is 3. The van der Waals surface area contributed by atoms with E-state index in [9.17, 15) is 9.90 Å². The molecule has 2 N–H and O–H groups in total. The number of rotatable bonds is 4. The van der Waals surface area contributed by atoms with Crippen LogP contribution in [0.1, 0.15) is 23.1 Å². The summed E-state index contributed by atoms with van der Waals surface area (Å²) in [4.78, 5) is 16.4. The number of fused-ring (bicyclic) bond motifs is 1. The lowest BCUT2D eigenvalue weighted by atomic mass is 10.1. The molecule has 2 aromatic heterocycles. The summed E-state index contributed by atoms with van der Waals surface area (Å²) in [6.45, 7) is 2.28. The van der Waals surface area contributed by atoms with Gasteiger partial charge in [-0.1, -0.05) is 36.4 Å². The molecule has 0 saturated heterocycles. The van der Waals surface area contributed by atoms with Gasteiger partial charge in [0.2, 0.25) is 0 Å². The average Bonchev–Trinajstić information content (AvgIpc) is 2.97. The van der Waals surface area contributed by atoms with Gasteiger partial charge in [-0.25, -0.2) is 4.98 Å². The quantitative estimate of drug-likeness (QED) is 0.773. The van der Waals surface area contributed by atoms with E-state index in [-0.39, 0.29) is 6.54 Å². The number of aromatic nitrogens is 2. The number of aliphatic hydroxyl groups is 1. The maximum atomic E-state index is 12.0. The van der Waals surface area contributed by atoms with Gasteiger partial charge in [0.15, 0.2) is 6.10 Å². The molecular weight excluding hydrogens is 278 g/mol. The predicted molar refractivity (Wildman–Crippen MR) is 83.2 cm³/mol. The molecule has 0 radical (unpaired) electrons. The zero-order valence-electron chi connectivity index (χ0n) is 12.2. The summed E-state index contributed by atoms with van der Waals surface area (Å²) in [6, 6.07) is 14.7. The van der Waals surface area contributed by atoms with E-state index >= 15 is 0 Å². The zero-order valence-corrected chi connectivity index (χ0v) is 12.2. The molecule has 0 aliphatic carbocycles. The first kappa shape index (κ1) is 14.3. The third kappa shape index (κ3) is 2.84. The number of nitrogens with one attached hydrogen (secondary N) is 1. The Morgan fingerprint density at radius 3 is 2.73 bits per heavy atom. The third-order valence-electron chi connectivity index (χ3n) is 3.55. The summed E-state index contributed by atoms with van der Waals surface area (Å²) < 4.78 is 1.97. The lowest BCUT2D eigenvalue weighted by molar-refractivity contribution is -0.129. The van der Waals surface area contributed by atoms with Crippen molar-refractivity contribution < 1.29 is 9.90 Å². The Morgan fingerprint density at radius 1 is 1.23 bits per heavy atom. The second-order valence-electron chi connectivity index (χ2n) is 5.16. The van der Waals surface area contributed by atoms with E-state index in [1.807, 2.05) is 41.8 Å². The van der Waals surface area contributed by atoms with Gasteiger partial charge in [-0.2, -0.15) is 0 Å². The van der Waals surface area contributed by atoms with Crippen molar-refractivity contribution in [2.45, 2.75) is 19.6 Å². The molecule has 1 unspecified atom stereocenters. The van der Waals surface area contributed by atoms with Gasteiger partial charge in [0.25, 0.3) is 5.91 Å². The second kappa shape index (κ2) is 5.99. The summed E-state index contributed by atoms with van der Waals surface area (Å²) in [5, 5.41) is 12.7. The molecule has 1 amide bonds. The summed E-state index contributed by atoms with van der Waals surface area (Å²) in [7, 11) is 0. The molecular formula is C17H17N3O2. The minimum atomic E-state index is -1.17. The first-order valence-electron chi connectivity index (χ1n) is 7.09. The summed E-state index contributed by atoms with van der Waals surface area (Å²) in [5.74, 6) is -0.431. The fraction of sp³-hybridized carbons (Fsp3) is 0.176. The van der Waals surface area contributed by atoms with Gasteiger partial charge in [0.05, 0.1) is 12.2 Å². The van der Waals surface area contributed by atoms with Crippen LogP contribution in [0, 0.1) is 6.92 Å². The molecule has 3 aromatic rings. The SMILES string of the molecule is Cc1cccc2nc(CNC(=O)C(O)c3ccccc3)cn12. The standard InChI is InChI=1S/C17H17N3O2/c1-12-6-5-9-15-19-14(11-20(12)15)10-18-17(22)16(21)13-7-3-2-4-8-13/h2-9,11,16,21H,10H2,1H3,(H,18,22). The van der Waals surface area contributed by atoms with E-state index in [2.05, 4.69) is 10.3 Å². The molecule has 1 atom stereocenters. The van der Waals surface area contributed by atoms with Crippen molar-refractivity contribution in [2.24, 2.45) is 0 Å². The van der Waals surface area contributed by atoms with Crippen molar-refractivity contribution in [3.8, 4) is 0 Å². The zero-order chi connectivity index (χ0) is 15.5. The number of benzene rings is 1. The Morgan fingerprint density at radius 2 is 2.00 bits per heavy atom. The molecule has 5 heteroatoms. The van der Waals surface area contributed by atoms with Crippen LogP contribution in [0.15, 0.2) is 54.7 Å². The first-order chi connectivity index (χ1) is 10.6. The molecule has 0 saturated carbocycles. The van der Waals surface area contributed by atoms with Crippen LogP contribution in [-0.4, -0.2) is 20.4 Å². The molecule has 1 aromatic carbocycles. The summed E-state index contributed by atoms with van der Waals surface area (Å²) in [5.41, 5.74) is 3.24. The maximum absolute atomic E-state index is 12.0.